The monoisotopic (exact) mass is 309 g/mol. The fraction of sp³-hybridized carbons (Fsp3) is 0. The number of rotatable bonds is 4. The van der Waals surface area contributed by atoms with Crippen LogP contribution in [-0.4, -0.2) is 10.8 Å². The molecule has 3 N–H and O–H groups in total. The number of halogens is 2. The maximum Gasteiger partial charge on any atom is 0.311 e. The Labute approximate surface area is 123 Å². The molecule has 0 aliphatic carbocycles. The van der Waals surface area contributed by atoms with Gasteiger partial charge in [0.05, 0.1) is 10.5 Å². The average molecular weight is 310 g/mol. The molecule has 2 aromatic carbocycles. The van der Waals surface area contributed by atoms with E-state index < -0.39 is 16.4 Å². The van der Waals surface area contributed by atoms with Crippen molar-refractivity contribution in [2.45, 2.75) is 0 Å². The Bertz CT molecular complexity index is 737. The molecule has 0 aliphatic heterocycles. The van der Waals surface area contributed by atoms with Crippen molar-refractivity contribution in [1.82, 2.24) is 0 Å². The number of nitrogens with one attached hydrogen (secondary N) is 1. The van der Waals surface area contributed by atoms with Gasteiger partial charge in [0.15, 0.2) is 0 Å². The van der Waals surface area contributed by atoms with E-state index in [-0.39, 0.29) is 22.9 Å². The minimum absolute atomic E-state index is 0.0700. The predicted octanol–water partition coefficient (Wildman–Crippen LogP) is 3.46. The second kappa shape index (κ2) is 5.76. The maximum atomic E-state index is 13.2. The maximum absolute atomic E-state index is 13.2. The van der Waals surface area contributed by atoms with Crippen molar-refractivity contribution in [2.75, 3.05) is 0 Å². The van der Waals surface area contributed by atoms with Gasteiger partial charge in [-0.2, -0.15) is 0 Å². The number of nitrogen functional groups attached to an aromatic ring is 1. The van der Waals surface area contributed by atoms with Crippen LogP contribution in [0.1, 0.15) is 5.56 Å². The first-order chi connectivity index (χ1) is 9.88. The number of hydrogen-bond donors (Lipinski definition) is 2. The number of ether oxygens (including phenoxy) is 1. The lowest BCUT2D eigenvalue weighted by Crippen LogP contribution is -2.12. The quantitative estimate of drug-likeness (QED) is 0.390. The average Bonchev–Trinajstić information content (AvgIpc) is 2.40. The zero-order valence-electron chi connectivity index (χ0n) is 10.5. The molecule has 0 heterocycles. The van der Waals surface area contributed by atoms with Gasteiger partial charge >= 0.3 is 5.69 Å². The number of benzene rings is 2. The standard InChI is InChI=1S/C13H9ClFN3O3/c14-7-1-4-11(9(5-7)13(16)17)21-12-6-8(15)2-3-10(12)18(19)20/h1-6H,(H3,16,17). The SMILES string of the molecule is N=C(N)c1cc(Cl)ccc1Oc1cc(F)ccc1[N+](=O)[O-]. The lowest BCUT2D eigenvalue weighted by molar-refractivity contribution is -0.385. The molecule has 0 aromatic heterocycles. The van der Waals surface area contributed by atoms with Gasteiger partial charge in [-0.1, -0.05) is 11.6 Å². The second-order valence-electron chi connectivity index (χ2n) is 4.03. The third-order valence-electron chi connectivity index (χ3n) is 2.57. The summed E-state index contributed by atoms with van der Waals surface area (Å²) in [5.74, 6) is -1.23. The van der Waals surface area contributed by atoms with Crippen molar-refractivity contribution in [3.05, 3.63) is 62.9 Å². The summed E-state index contributed by atoms with van der Waals surface area (Å²) in [5, 5.41) is 18.7. The summed E-state index contributed by atoms with van der Waals surface area (Å²) in [7, 11) is 0. The summed E-state index contributed by atoms with van der Waals surface area (Å²) in [5.41, 5.74) is 5.15. The molecular weight excluding hydrogens is 301 g/mol. The first-order valence-electron chi connectivity index (χ1n) is 5.64. The van der Waals surface area contributed by atoms with Gasteiger partial charge < -0.3 is 10.5 Å². The van der Waals surface area contributed by atoms with Crippen LogP contribution in [0.15, 0.2) is 36.4 Å². The van der Waals surface area contributed by atoms with Crippen LogP contribution < -0.4 is 10.5 Å². The molecule has 6 nitrogen and oxygen atoms in total. The number of amidine groups is 1. The molecule has 0 unspecified atom stereocenters. The van der Waals surface area contributed by atoms with Crippen molar-refractivity contribution in [1.29, 1.82) is 5.41 Å². The van der Waals surface area contributed by atoms with E-state index in [4.69, 9.17) is 27.5 Å². The molecule has 8 heteroatoms. The van der Waals surface area contributed by atoms with Gasteiger partial charge in [0.25, 0.3) is 0 Å². The van der Waals surface area contributed by atoms with E-state index in [1.54, 1.807) is 0 Å². The lowest BCUT2D eigenvalue weighted by Gasteiger charge is -2.11. The Hall–Kier alpha value is -2.67. The van der Waals surface area contributed by atoms with Crippen LogP contribution in [0.2, 0.25) is 5.02 Å². The summed E-state index contributed by atoms with van der Waals surface area (Å²) in [6.45, 7) is 0. The zero-order valence-corrected chi connectivity index (χ0v) is 11.2. The molecule has 108 valence electrons. The Morgan fingerprint density at radius 2 is 2.00 bits per heavy atom. The molecular formula is C13H9ClFN3O3. The fourth-order valence-corrected chi connectivity index (χ4v) is 1.81. The summed E-state index contributed by atoms with van der Waals surface area (Å²) >= 11 is 5.79. The smallest absolute Gasteiger partial charge is 0.311 e. The molecule has 0 spiro atoms. The second-order valence-corrected chi connectivity index (χ2v) is 4.46. The minimum atomic E-state index is -0.696. The topological polar surface area (TPSA) is 102 Å². The number of nitro groups is 1. The Kier molecular flexibility index (Phi) is 4.04. The van der Waals surface area contributed by atoms with E-state index in [0.717, 1.165) is 18.2 Å². The van der Waals surface area contributed by atoms with Gasteiger partial charge in [0.2, 0.25) is 5.75 Å². The number of nitrogens with zero attached hydrogens (tertiary/aromatic N) is 1. The molecule has 0 atom stereocenters. The Morgan fingerprint density at radius 3 is 2.62 bits per heavy atom. The van der Waals surface area contributed by atoms with E-state index in [1.165, 1.54) is 18.2 Å². The lowest BCUT2D eigenvalue weighted by atomic mass is 10.2. The third kappa shape index (κ3) is 3.26. The molecule has 0 bridgehead atoms. The van der Waals surface area contributed by atoms with E-state index in [9.17, 15) is 14.5 Å². The van der Waals surface area contributed by atoms with Crippen LogP contribution in [0.4, 0.5) is 10.1 Å². The number of nitro benzene ring substituents is 1. The Balaban J connectivity index is 2.50. The van der Waals surface area contributed by atoms with Crippen molar-refractivity contribution < 1.29 is 14.1 Å². The minimum Gasteiger partial charge on any atom is -0.449 e. The van der Waals surface area contributed by atoms with E-state index in [2.05, 4.69) is 0 Å². The van der Waals surface area contributed by atoms with Crippen LogP contribution in [0.3, 0.4) is 0 Å². The molecule has 0 saturated carbocycles. The van der Waals surface area contributed by atoms with E-state index >= 15 is 0 Å². The molecule has 0 amide bonds. The highest BCUT2D eigenvalue weighted by Crippen LogP contribution is 2.34. The molecule has 0 fully saturated rings. The first-order valence-corrected chi connectivity index (χ1v) is 6.02. The van der Waals surface area contributed by atoms with Crippen molar-refractivity contribution in [3.8, 4) is 11.5 Å². The van der Waals surface area contributed by atoms with E-state index in [0.29, 0.717) is 5.02 Å². The largest absolute Gasteiger partial charge is 0.449 e. The summed E-state index contributed by atoms with van der Waals surface area (Å²) in [4.78, 5) is 10.2. The highest BCUT2D eigenvalue weighted by molar-refractivity contribution is 6.31. The van der Waals surface area contributed by atoms with Gasteiger partial charge in [-0.15, -0.1) is 0 Å². The van der Waals surface area contributed by atoms with Crippen LogP contribution in [-0.2, 0) is 0 Å². The van der Waals surface area contributed by atoms with Crippen LogP contribution >= 0.6 is 11.6 Å². The molecule has 0 aliphatic rings. The Morgan fingerprint density at radius 1 is 1.29 bits per heavy atom. The van der Waals surface area contributed by atoms with Crippen LogP contribution in [0.5, 0.6) is 11.5 Å². The number of hydrogen-bond acceptors (Lipinski definition) is 4. The van der Waals surface area contributed by atoms with Crippen LogP contribution in [0, 0.1) is 21.3 Å². The summed E-state index contributed by atoms with van der Waals surface area (Å²) in [6, 6.07) is 7.08. The molecule has 2 aromatic rings. The predicted molar refractivity (Wildman–Crippen MR) is 75.6 cm³/mol. The fourth-order valence-electron chi connectivity index (χ4n) is 1.64. The molecule has 0 radical (unpaired) electrons. The van der Waals surface area contributed by atoms with Crippen molar-refractivity contribution in [2.24, 2.45) is 5.73 Å². The zero-order chi connectivity index (χ0) is 15.6. The van der Waals surface area contributed by atoms with E-state index in [1.807, 2.05) is 0 Å². The third-order valence-corrected chi connectivity index (χ3v) is 2.81. The molecule has 0 saturated heterocycles. The van der Waals surface area contributed by atoms with Crippen molar-refractivity contribution in [3.63, 3.8) is 0 Å². The summed E-state index contributed by atoms with van der Waals surface area (Å²) in [6.07, 6.45) is 0. The van der Waals surface area contributed by atoms with Gasteiger partial charge in [0, 0.05) is 17.2 Å². The van der Waals surface area contributed by atoms with Gasteiger partial charge in [-0.25, -0.2) is 4.39 Å². The molecule has 21 heavy (non-hydrogen) atoms. The van der Waals surface area contributed by atoms with Gasteiger partial charge in [0.1, 0.15) is 17.4 Å². The van der Waals surface area contributed by atoms with Gasteiger partial charge in [-0.3, -0.25) is 15.5 Å². The van der Waals surface area contributed by atoms with Crippen LogP contribution in [0.25, 0.3) is 0 Å². The first kappa shape index (κ1) is 14.7. The molecule has 2 rings (SSSR count). The number of nitrogens with two attached hydrogens (primary N) is 1. The van der Waals surface area contributed by atoms with Crippen molar-refractivity contribution >= 4 is 23.1 Å². The summed E-state index contributed by atoms with van der Waals surface area (Å²) < 4.78 is 18.6. The van der Waals surface area contributed by atoms with Gasteiger partial charge in [-0.05, 0) is 24.3 Å². The highest BCUT2D eigenvalue weighted by Gasteiger charge is 2.18. The normalized spacial score (nSPS) is 10.2. The highest BCUT2D eigenvalue weighted by atomic mass is 35.5.